The molecule has 0 bridgehead atoms. The molecule has 0 fully saturated rings. The molecule has 0 spiro atoms. The monoisotopic (exact) mass is 667 g/mol. The molecule has 7 aromatic carbocycles. The van der Waals surface area contributed by atoms with Crippen LogP contribution in [0, 0.1) is 0 Å². The van der Waals surface area contributed by atoms with Gasteiger partial charge >= 0.3 is 0 Å². The molecule has 9 aromatic rings. The van der Waals surface area contributed by atoms with E-state index in [1.54, 1.807) is 0 Å². The summed E-state index contributed by atoms with van der Waals surface area (Å²) in [7, 11) is 0. The van der Waals surface area contributed by atoms with Gasteiger partial charge in [0.2, 0.25) is 0 Å². The molecule has 0 amide bonds. The molecule has 1 aliphatic rings. The average molecular weight is 668 g/mol. The van der Waals surface area contributed by atoms with Gasteiger partial charge in [-0.3, -0.25) is 0 Å². The highest BCUT2D eigenvalue weighted by atomic mass is 16.3. The maximum absolute atomic E-state index is 6.30. The first kappa shape index (κ1) is 30.2. The van der Waals surface area contributed by atoms with Gasteiger partial charge in [0.05, 0.1) is 0 Å². The minimum atomic E-state index is -0.175. The van der Waals surface area contributed by atoms with Crippen molar-refractivity contribution in [3.05, 3.63) is 175 Å². The fourth-order valence-electron chi connectivity index (χ4n) is 7.95. The van der Waals surface area contributed by atoms with Crippen LogP contribution in [0.2, 0.25) is 0 Å². The summed E-state index contributed by atoms with van der Waals surface area (Å²) < 4.78 is 6.30. The van der Waals surface area contributed by atoms with Gasteiger partial charge in [-0.25, -0.2) is 15.0 Å². The minimum Gasteiger partial charge on any atom is -0.456 e. The Kier molecular flexibility index (Phi) is 6.80. The Balaban J connectivity index is 1.07. The highest BCUT2D eigenvalue weighted by Crippen LogP contribution is 2.53. The number of nitrogens with zero attached hydrogens (tertiary/aromatic N) is 3. The van der Waals surface area contributed by atoms with Crippen molar-refractivity contribution in [2.75, 3.05) is 0 Å². The molecule has 4 heteroatoms. The molecule has 2 aromatic heterocycles. The zero-order chi connectivity index (χ0) is 34.8. The normalized spacial score (nSPS) is 13.0. The van der Waals surface area contributed by atoms with Gasteiger partial charge in [0, 0.05) is 32.9 Å². The second-order valence-corrected chi connectivity index (χ2v) is 14.0. The van der Waals surface area contributed by atoms with E-state index in [0.717, 1.165) is 44.5 Å². The second-order valence-electron chi connectivity index (χ2n) is 14.0. The summed E-state index contributed by atoms with van der Waals surface area (Å²) in [4.78, 5) is 15.0. The van der Waals surface area contributed by atoms with Crippen molar-refractivity contribution in [3.63, 3.8) is 0 Å². The van der Waals surface area contributed by atoms with Crippen LogP contribution in [0.1, 0.15) is 25.0 Å². The summed E-state index contributed by atoms with van der Waals surface area (Å²) in [5.41, 5.74) is 14.3. The lowest BCUT2D eigenvalue weighted by Crippen LogP contribution is -2.15. The van der Waals surface area contributed by atoms with Crippen LogP contribution in [-0.4, -0.2) is 15.0 Å². The van der Waals surface area contributed by atoms with E-state index in [1.807, 2.05) is 42.5 Å². The van der Waals surface area contributed by atoms with E-state index in [4.69, 9.17) is 19.4 Å². The Bertz CT molecular complexity index is 2800. The Morgan fingerprint density at radius 3 is 1.69 bits per heavy atom. The lowest BCUT2D eigenvalue weighted by molar-refractivity contribution is 0.657. The van der Waals surface area contributed by atoms with Crippen LogP contribution in [0.15, 0.2) is 168 Å². The van der Waals surface area contributed by atoms with Crippen LogP contribution in [0.5, 0.6) is 0 Å². The molecule has 0 radical (unpaired) electrons. The first-order valence-electron chi connectivity index (χ1n) is 17.7. The molecule has 0 unspecified atom stereocenters. The smallest absolute Gasteiger partial charge is 0.164 e. The van der Waals surface area contributed by atoms with E-state index in [1.165, 1.54) is 38.6 Å². The summed E-state index contributed by atoms with van der Waals surface area (Å²) in [5, 5.41) is 2.38. The zero-order valence-corrected chi connectivity index (χ0v) is 28.8. The number of benzene rings is 7. The first-order chi connectivity index (χ1) is 25.5. The number of fused-ring (bicyclic) bond motifs is 7. The third-order valence-electron chi connectivity index (χ3n) is 10.5. The molecule has 52 heavy (non-hydrogen) atoms. The van der Waals surface area contributed by atoms with Gasteiger partial charge in [-0.15, -0.1) is 0 Å². The molecule has 4 nitrogen and oxygen atoms in total. The number of hydrogen-bond donors (Lipinski definition) is 0. The van der Waals surface area contributed by atoms with Crippen molar-refractivity contribution < 1.29 is 4.42 Å². The van der Waals surface area contributed by atoms with Crippen molar-refractivity contribution in [1.29, 1.82) is 0 Å². The predicted octanol–water partition coefficient (Wildman–Crippen LogP) is 12.4. The molecule has 246 valence electrons. The Morgan fingerprint density at radius 1 is 0.404 bits per heavy atom. The van der Waals surface area contributed by atoms with Gasteiger partial charge in [-0.1, -0.05) is 153 Å². The summed E-state index contributed by atoms with van der Waals surface area (Å²) in [5.74, 6) is 1.93. The average Bonchev–Trinajstić information content (AvgIpc) is 3.70. The Hall–Kier alpha value is -6.65. The van der Waals surface area contributed by atoms with Crippen molar-refractivity contribution in [2.24, 2.45) is 0 Å². The van der Waals surface area contributed by atoms with E-state index in [-0.39, 0.29) is 5.41 Å². The van der Waals surface area contributed by atoms with E-state index in [2.05, 4.69) is 135 Å². The molecule has 0 N–H and O–H groups in total. The summed E-state index contributed by atoms with van der Waals surface area (Å²) >= 11 is 0. The predicted molar refractivity (Wildman–Crippen MR) is 212 cm³/mol. The third-order valence-corrected chi connectivity index (χ3v) is 10.5. The molecular weight excluding hydrogens is 635 g/mol. The van der Waals surface area contributed by atoms with Crippen LogP contribution in [0.3, 0.4) is 0 Å². The lowest BCUT2D eigenvalue weighted by atomic mass is 9.80. The Labute approximate surface area is 302 Å². The van der Waals surface area contributed by atoms with E-state index in [0.29, 0.717) is 17.5 Å². The topological polar surface area (TPSA) is 51.8 Å². The summed E-state index contributed by atoms with van der Waals surface area (Å²) in [6.07, 6.45) is 0. The lowest BCUT2D eigenvalue weighted by Gasteiger charge is -2.22. The number of furan rings is 1. The number of aromatic nitrogens is 3. The van der Waals surface area contributed by atoms with Crippen molar-refractivity contribution >= 4 is 21.9 Å². The SMILES string of the molecule is CC1(C)c2ccc(-c3cccc(-c4nc(-c5ccccc5)nc(-c5ccc(-c6ccccc6)cc5)n4)c3)cc2-c2ccc3oc4ccccc4c3c21. The minimum absolute atomic E-state index is 0.175. The maximum atomic E-state index is 6.30. The van der Waals surface area contributed by atoms with Crippen LogP contribution in [0.4, 0.5) is 0 Å². The molecule has 0 saturated heterocycles. The molecule has 0 saturated carbocycles. The van der Waals surface area contributed by atoms with Crippen molar-refractivity contribution in [2.45, 2.75) is 19.3 Å². The fourth-order valence-corrected chi connectivity index (χ4v) is 7.95. The van der Waals surface area contributed by atoms with Crippen molar-refractivity contribution in [3.8, 4) is 67.5 Å². The van der Waals surface area contributed by atoms with Crippen LogP contribution < -0.4 is 0 Å². The number of hydrogen-bond acceptors (Lipinski definition) is 4. The molecule has 0 atom stereocenters. The van der Waals surface area contributed by atoms with Crippen LogP contribution in [0.25, 0.3) is 89.5 Å². The number of para-hydroxylation sites is 1. The quantitative estimate of drug-likeness (QED) is 0.183. The van der Waals surface area contributed by atoms with Crippen LogP contribution >= 0.6 is 0 Å². The third kappa shape index (κ3) is 4.87. The van der Waals surface area contributed by atoms with Gasteiger partial charge < -0.3 is 4.42 Å². The highest BCUT2D eigenvalue weighted by molar-refractivity contribution is 6.11. The first-order valence-corrected chi connectivity index (χ1v) is 17.7. The largest absolute Gasteiger partial charge is 0.456 e. The molecule has 0 aliphatic heterocycles. The van der Waals surface area contributed by atoms with E-state index >= 15 is 0 Å². The van der Waals surface area contributed by atoms with Crippen molar-refractivity contribution in [1.82, 2.24) is 15.0 Å². The maximum Gasteiger partial charge on any atom is 0.164 e. The highest BCUT2D eigenvalue weighted by Gasteiger charge is 2.38. The van der Waals surface area contributed by atoms with Gasteiger partial charge in [0.25, 0.3) is 0 Å². The molecule has 2 heterocycles. The van der Waals surface area contributed by atoms with Crippen LogP contribution in [-0.2, 0) is 5.41 Å². The summed E-state index contributed by atoms with van der Waals surface area (Å²) in [6.45, 7) is 4.66. The van der Waals surface area contributed by atoms with Gasteiger partial charge in [0.15, 0.2) is 17.5 Å². The van der Waals surface area contributed by atoms with Gasteiger partial charge in [0.1, 0.15) is 11.2 Å². The van der Waals surface area contributed by atoms with Gasteiger partial charge in [-0.05, 0) is 68.8 Å². The second kappa shape index (κ2) is 11.7. The molecular formula is C48H33N3O. The van der Waals surface area contributed by atoms with E-state index in [9.17, 15) is 0 Å². The summed E-state index contributed by atoms with van der Waals surface area (Å²) in [6, 6.07) is 57.1. The Morgan fingerprint density at radius 2 is 0.942 bits per heavy atom. The standard InChI is InChI=1S/C48H33N3O/c1-48(2)40-26-24-35(29-39(40)37-25-27-42-43(44(37)48)38-18-9-10-19-41(38)52-42)34-16-11-17-36(28-34)47-50-45(32-14-7-4-8-15-32)49-46(51-47)33-22-20-31(21-23-33)30-12-5-3-6-13-30/h3-29H,1-2H3. The van der Waals surface area contributed by atoms with E-state index < -0.39 is 0 Å². The fraction of sp³-hybridized carbons (Fsp3) is 0.0625. The number of rotatable bonds is 5. The van der Waals surface area contributed by atoms with Gasteiger partial charge in [-0.2, -0.15) is 0 Å². The zero-order valence-electron chi connectivity index (χ0n) is 28.8. The molecule has 1 aliphatic carbocycles. The molecule has 10 rings (SSSR count).